The molecule has 2 aliphatic heterocycles. The third-order valence-electron chi connectivity index (χ3n) is 7.27. The van der Waals surface area contributed by atoms with Crippen LogP contribution in [0.2, 0.25) is 0 Å². The molecular weight excluding hydrogens is 528 g/mol. The number of sulfonamides is 1. The first-order valence-corrected chi connectivity index (χ1v) is 14.0. The fraction of sp³-hybridized carbons (Fsp3) is 0.385. The Morgan fingerprint density at radius 3 is 2.38 bits per heavy atom. The van der Waals surface area contributed by atoms with E-state index in [1.165, 1.54) is 0 Å². The standard InChI is InChI=1S/C26H31F2N7O3S/c1-26(2)15-35(39(37,38)19-11-16(27)10-17(28)12-19)14-21-23(26)31-32-24(21)30-25(36)20-5-4-18(13-22(20)29)34-8-6-33(3)7-9-34/h4-5,10-13H,6-9,14-15,29H2,1-3H3,(H2,30,31,32,36). The number of nitrogens with one attached hydrogen (secondary N) is 2. The van der Waals surface area contributed by atoms with Gasteiger partial charge in [-0.2, -0.15) is 9.40 Å². The Labute approximate surface area is 225 Å². The maximum atomic E-state index is 13.8. The van der Waals surface area contributed by atoms with Crippen molar-refractivity contribution >= 4 is 33.1 Å². The van der Waals surface area contributed by atoms with E-state index in [4.69, 9.17) is 5.73 Å². The zero-order chi connectivity index (χ0) is 28.1. The number of H-pyrrole nitrogens is 1. The van der Waals surface area contributed by atoms with E-state index in [1.807, 2.05) is 6.07 Å². The normalized spacial score (nSPS) is 18.1. The van der Waals surface area contributed by atoms with Crippen molar-refractivity contribution in [1.82, 2.24) is 19.4 Å². The van der Waals surface area contributed by atoms with Gasteiger partial charge >= 0.3 is 0 Å². The number of fused-ring (bicyclic) bond motifs is 1. The van der Waals surface area contributed by atoms with Crippen LogP contribution in [-0.4, -0.2) is 73.5 Å². The number of likely N-dealkylation sites (N-methyl/N-ethyl adjacent to an activating group) is 1. The summed E-state index contributed by atoms with van der Waals surface area (Å²) >= 11 is 0. The first-order chi connectivity index (χ1) is 18.3. The van der Waals surface area contributed by atoms with Gasteiger partial charge in [0.1, 0.15) is 17.5 Å². The van der Waals surface area contributed by atoms with Gasteiger partial charge < -0.3 is 20.9 Å². The van der Waals surface area contributed by atoms with Gasteiger partial charge in [0.05, 0.1) is 16.2 Å². The van der Waals surface area contributed by atoms with Gasteiger partial charge in [0, 0.05) is 67.7 Å². The lowest BCUT2D eigenvalue weighted by atomic mass is 9.84. The molecule has 1 saturated heterocycles. The topological polar surface area (TPSA) is 128 Å². The molecule has 13 heteroatoms. The second-order valence-electron chi connectivity index (χ2n) is 10.7. The van der Waals surface area contributed by atoms with E-state index in [9.17, 15) is 22.0 Å². The lowest BCUT2D eigenvalue weighted by Gasteiger charge is -2.36. The highest BCUT2D eigenvalue weighted by atomic mass is 32.2. The molecular formula is C26H31F2N7O3S. The number of nitrogens with two attached hydrogens (primary N) is 1. The highest BCUT2D eigenvalue weighted by molar-refractivity contribution is 7.89. The van der Waals surface area contributed by atoms with Crippen LogP contribution in [0.15, 0.2) is 41.3 Å². The van der Waals surface area contributed by atoms with Crippen LogP contribution in [0.4, 0.5) is 26.0 Å². The van der Waals surface area contributed by atoms with Crippen LogP contribution >= 0.6 is 0 Å². The van der Waals surface area contributed by atoms with E-state index in [1.54, 1.807) is 26.0 Å². The molecule has 0 saturated carbocycles. The molecule has 0 atom stereocenters. The summed E-state index contributed by atoms with van der Waals surface area (Å²) in [7, 11) is -2.18. The molecule has 3 aromatic rings. The largest absolute Gasteiger partial charge is 0.398 e. The SMILES string of the molecule is CN1CCN(c2ccc(C(=O)Nc3[nH]nc4c3CN(S(=O)(=O)c3cc(F)cc(F)c3)CC4(C)C)c(N)c2)CC1. The number of halogens is 2. The molecule has 1 amide bonds. The van der Waals surface area contributed by atoms with Crippen LogP contribution in [0, 0.1) is 11.6 Å². The molecule has 2 aliphatic rings. The van der Waals surface area contributed by atoms with Crippen LogP contribution in [-0.2, 0) is 22.0 Å². The lowest BCUT2D eigenvalue weighted by Crippen LogP contribution is -2.45. The lowest BCUT2D eigenvalue weighted by molar-refractivity contribution is 0.102. The van der Waals surface area contributed by atoms with Crippen molar-refractivity contribution in [1.29, 1.82) is 0 Å². The molecule has 0 aliphatic carbocycles. The Morgan fingerprint density at radius 1 is 1.08 bits per heavy atom. The number of hydrogen-bond acceptors (Lipinski definition) is 7. The van der Waals surface area contributed by atoms with Crippen LogP contribution in [0.5, 0.6) is 0 Å². The fourth-order valence-electron chi connectivity index (χ4n) is 5.13. The zero-order valence-corrected chi connectivity index (χ0v) is 22.8. The third-order valence-corrected chi connectivity index (χ3v) is 9.04. The number of carbonyl (C=O) groups excluding carboxylic acids is 1. The molecule has 1 fully saturated rings. The predicted octanol–water partition coefficient (Wildman–Crippen LogP) is 2.76. The fourth-order valence-corrected chi connectivity index (χ4v) is 6.74. The molecule has 2 aromatic carbocycles. The molecule has 5 rings (SSSR count). The van der Waals surface area contributed by atoms with E-state index in [2.05, 4.69) is 32.4 Å². The van der Waals surface area contributed by atoms with Gasteiger partial charge in [-0.1, -0.05) is 13.8 Å². The summed E-state index contributed by atoms with van der Waals surface area (Å²) in [5, 5.41) is 9.95. The van der Waals surface area contributed by atoms with E-state index in [0.29, 0.717) is 23.0 Å². The summed E-state index contributed by atoms with van der Waals surface area (Å²) in [6.45, 7) is 7.08. The van der Waals surface area contributed by atoms with Crippen molar-refractivity contribution in [3.63, 3.8) is 0 Å². The van der Waals surface area contributed by atoms with E-state index < -0.39 is 37.9 Å². The molecule has 1 aromatic heterocycles. The number of amides is 1. The van der Waals surface area contributed by atoms with Crippen LogP contribution in [0.1, 0.15) is 35.5 Å². The number of nitrogens with zero attached hydrogens (tertiary/aromatic N) is 4. The summed E-state index contributed by atoms with van der Waals surface area (Å²) in [5.41, 5.74) is 8.08. The number of aromatic amines is 1. The minimum Gasteiger partial charge on any atom is -0.398 e. The Morgan fingerprint density at radius 2 is 1.74 bits per heavy atom. The van der Waals surface area contributed by atoms with Crippen molar-refractivity contribution in [2.45, 2.75) is 30.7 Å². The van der Waals surface area contributed by atoms with Crippen LogP contribution in [0.25, 0.3) is 0 Å². The molecule has 0 bridgehead atoms. The van der Waals surface area contributed by atoms with Gasteiger partial charge in [0.15, 0.2) is 0 Å². The molecule has 4 N–H and O–H groups in total. The first kappa shape index (κ1) is 27.0. The quantitative estimate of drug-likeness (QED) is 0.410. The van der Waals surface area contributed by atoms with Crippen molar-refractivity contribution < 1.29 is 22.0 Å². The van der Waals surface area contributed by atoms with Crippen molar-refractivity contribution in [3.05, 3.63) is 64.9 Å². The number of anilines is 3. The monoisotopic (exact) mass is 559 g/mol. The molecule has 10 nitrogen and oxygen atoms in total. The summed E-state index contributed by atoms with van der Waals surface area (Å²) in [6, 6.07) is 7.48. The second-order valence-corrected chi connectivity index (χ2v) is 12.6. The molecule has 0 spiro atoms. The second kappa shape index (κ2) is 9.88. The molecule has 0 radical (unpaired) electrons. The van der Waals surface area contributed by atoms with Gasteiger partial charge in [-0.3, -0.25) is 9.89 Å². The van der Waals surface area contributed by atoms with Gasteiger partial charge in [-0.15, -0.1) is 0 Å². The number of benzene rings is 2. The maximum Gasteiger partial charge on any atom is 0.258 e. The van der Waals surface area contributed by atoms with Crippen LogP contribution < -0.4 is 16.0 Å². The number of rotatable bonds is 5. The summed E-state index contributed by atoms with van der Waals surface area (Å²) in [6.07, 6.45) is 0. The highest BCUT2D eigenvalue weighted by Gasteiger charge is 2.41. The average molecular weight is 560 g/mol. The summed E-state index contributed by atoms with van der Waals surface area (Å²) in [5.74, 6) is -2.22. The number of carbonyl (C=O) groups is 1. The van der Waals surface area contributed by atoms with Gasteiger partial charge in [-0.25, -0.2) is 17.2 Å². The highest BCUT2D eigenvalue weighted by Crippen LogP contribution is 2.38. The van der Waals surface area contributed by atoms with Gasteiger partial charge in [-0.05, 0) is 37.4 Å². The zero-order valence-electron chi connectivity index (χ0n) is 22.0. The van der Waals surface area contributed by atoms with Crippen LogP contribution in [0.3, 0.4) is 0 Å². The third kappa shape index (κ3) is 5.21. The molecule has 3 heterocycles. The summed E-state index contributed by atoms with van der Waals surface area (Å²) < 4.78 is 55.4. The minimum atomic E-state index is -4.25. The molecule has 39 heavy (non-hydrogen) atoms. The molecule has 0 unspecified atom stereocenters. The van der Waals surface area contributed by atoms with Crippen molar-refractivity contribution in [2.24, 2.45) is 0 Å². The Hall–Kier alpha value is -3.55. The number of aromatic nitrogens is 2. The summed E-state index contributed by atoms with van der Waals surface area (Å²) in [4.78, 5) is 17.2. The van der Waals surface area contributed by atoms with Crippen molar-refractivity contribution in [2.75, 3.05) is 55.7 Å². The Balaban J connectivity index is 1.39. The molecule has 208 valence electrons. The van der Waals surface area contributed by atoms with E-state index in [0.717, 1.165) is 48.3 Å². The number of piperazine rings is 1. The van der Waals surface area contributed by atoms with Gasteiger partial charge in [0.2, 0.25) is 10.0 Å². The van der Waals surface area contributed by atoms with Gasteiger partial charge in [0.25, 0.3) is 5.91 Å². The smallest absolute Gasteiger partial charge is 0.258 e. The number of nitrogen functional groups attached to an aromatic ring is 1. The Kier molecular flexibility index (Phi) is 6.85. The number of hydrogen-bond donors (Lipinski definition) is 3. The van der Waals surface area contributed by atoms with Crippen molar-refractivity contribution in [3.8, 4) is 0 Å². The predicted molar refractivity (Wildman–Crippen MR) is 144 cm³/mol. The Bertz CT molecular complexity index is 1510. The maximum absolute atomic E-state index is 13.8. The minimum absolute atomic E-state index is 0.0272. The van der Waals surface area contributed by atoms with E-state index >= 15 is 0 Å². The first-order valence-electron chi connectivity index (χ1n) is 12.5. The average Bonchev–Trinajstić information content (AvgIpc) is 3.27. The van der Waals surface area contributed by atoms with E-state index in [-0.39, 0.29) is 24.5 Å².